The molecule has 0 saturated heterocycles. The Morgan fingerprint density at radius 2 is 0.951 bits per heavy atom. The summed E-state index contributed by atoms with van der Waals surface area (Å²) in [4.78, 5) is 47.3. The summed E-state index contributed by atoms with van der Waals surface area (Å²) in [6.07, 6.45) is 6.15. The van der Waals surface area contributed by atoms with Crippen LogP contribution >= 0.6 is 11.6 Å². The number of esters is 3. The molecule has 0 saturated carbocycles. The Morgan fingerprint density at radius 1 is 0.541 bits per heavy atom. The SMILES string of the molecule is C.CCC(=O)CCC(=O)OC(C)(C)C.CCC(C)(C)C.CCCCC(C)(C)C.Cc1ccc(C(OC(=O)CCC(=O)OC(C)(C)C)(c2ccccc2)c2ccccc2Cl)cc1. The van der Waals surface area contributed by atoms with Crippen LogP contribution in [-0.2, 0) is 39.0 Å². The predicted molar refractivity (Wildman–Crippen MR) is 256 cm³/mol. The summed E-state index contributed by atoms with van der Waals surface area (Å²) in [5, 5.41) is 0.474. The van der Waals surface area contributed by atoms with Crippen molar-refractivity contribution in [3.05, 3.63) is 106 Å². The molecular formula is C53H83ClO7. The molecule has 344 valence electrons. The molecule has 3 rings (SSSR count). The Labute approximate surface area is 377 Å². The summed E-state index contributed by atoms with van der Waals surface area (Å²) >= 11 is 6.66. The fraction of sp³-hybridized carbons (Fsp3) is 0.585. The molecule has 8 heteroatoms. The van der Waals surface area contributed by atoms with Gasteiger partial charge >= 0.3 is 17.9 Å². The van der Waals surface area contributed by atoms with Gasteiger partial charge in [-0.05, 0) is 71.8 Å². The van der Waals surface area contributed by atoms with Crippen molar-refractivity contribution in [1.29, 1.82) is 0 Å². The highest BCUT2D eigenvalue weighted by Gasteiger charge is 2.42. The van der Waals surface area contributed by atoms with Crippen molar-refractivity contribution in [2.45, 2.75) is 193 Å². The van der Waals surface area contributed by atoms with E-state index in [9.17, 15) is 19.2 Å². The summed E-state index contributed by atoms with van der Waals surface area (Å²) in [5.74, 6) is -1.16. The van der Waals surface area contributed by atoms with Gasteiger partial charge in [0.2, 0.25) is 0 Å². The summed E-state index contributed by atoms with van der Waals surface area (Å²) in [6, 6.07) is 24.6. The van der Waals surface area contributed by atoms with Crippen LogP contribution in [-0.4, -0.2) is 34.9 Å². The van der Waals surface area contributed by atoms with Crippen molar-refractivity contribution in [2.75, 3.05) is 0 Å². The second-order valence-electron chi connectivity index (χ2n) is 19.5. The van der Waals surface area contributed by atoms with Gasteiger partial charge in [-0.15, -0.1) is 0 Å². The average molecular weight is 868 g/mol. The average Bonchev–Trinajstić information content (AvgIpc) is 3.14. The predicted octanol–water partition coefficient (Wildman–Crippen LogP) is 15.0. The number of carbonyl (C=O) groups is 4. The molecule has 3 aromatic carbocycles. The molecule has 1 atom stereocenters. The second kappa shape index (κ2) is 27.9. The van der Waals surface area contributed by atoms with Crippen molar-refractivity contribution in [3.63, 3.8) is 0 Å². The Hall–Kier alpha value is -3.97. The van der Waals surface area contributed by atoms with Crippen LogP contribution in [0.1, 0.15) is 191 Å². The summed E-state index contributed by atoms with van der Waals surface area (Å²) in [5.41, 5.74) is 1.99. The largest absolute Gasteiger partial charge is 0.460 e. The normalized spacial score (nSPS) is 12.2. The molecular weight excluding hydrogens is 784 g/mol. The minimum atomic E-state index is -1.28. The van der Waals surface area contributed by atoms with Crippen molar-refractivity contribution in [1.82, 2.24) is 0 Å². The van der Waals surface area contributed by atoms with Crippen molar-refractivity contribution in [3.8, 4) is 0 Å². The van der Waals surface area contributed by atoms with E-state index in [2.05, 4.69) is 55.4 Å². The molecule has 3 aromatic rings. The van der Waals surface area contributed by atoms with E-state index in [0.29, 0.717) is 34.3 Å². The Balaban J connectivity index is 0. The first-order valence-electron chi connectivity index (χ1n) is 21.6. The van der Waals surface area contributed by atoms with E-state index in [1.165, 1.54) is 25.7 Å². The number of aryl methyl sites for hydroxylation is 1. The molecule has 0 spiro atoms. The maximum Gasteiger partial charge on any atom is 0.307 e. The van der Waals surface area contributed by atoms with Crippen molar-refractivity contribution >= 4 is 35.3 Å². The van der Waals surface area contributed by atoms with Gasteiger partial charge in [0.1, 0.15) is 17.0 Å². The zero-order valence-electron chi connectivity index (χ0n) is 40.1. The summed E-state index contributed by atoms with van der Waals surface area (Å²) < 4.78 is 16.6. The lowest BCUT2D eigenvalue weighted by molar-refractivity contribution is -0.161. The zero-order valence-corrected chi connectivity index (χ0v) is 40.9. The smallest absolute Gasteiger partial charge is 0.307 e. The van der Waals surface area contributed by atoms with Crippen LogP contribution < -0.4 is 0 Å². The molecule has 61 heavy (non-hydrogen) atoms. The maximum atomic E-state index is 13.2. The Bertz CT molecular complexity index is 1700. The van der Waals surface area contributed by atoms with E-state index in [1.807, 2.05) is 100 Å². The Morgan fingerprint density at radius 3 is 1.33 bits per heavy atom. The minimum Gasteiger partial charge on any atom is -0.460 e. The van der Waals surface area contributed by atoms with E-state index in [1.54, 1.807) is 33.8 Å². The molecule has 0 aliphatic carbocycles. The third-order valence-electron chi connectivity index (χ3n) is 8.88. The van der Waals surface area contributed by atoms with Crippen LogP contribution in [0, 0.1) is 17.8 Å². The van der Waals surface area contributed by atoms with Crippen LogP contribution in [0.3, 0.4) is 0 Å². The Kier molecular flexibility index (Phi) is 27.0. The number of hydrogen-bond acceptors (Lipinski definition) is 7. The van der Waals surface area contributed by atoms with Crippen LogP contribution in [0.4, 0.5) is 0 Å². The van der Waals surface area contributed by atoms with Gasteiger partial charge in [-0.25, -0.2) is 0 Å². The van der Waals surface area contributed by atoms with E-state index in [-0.39, 0.29) is 38.4 Å². The van der Waals surface area contributed by atoms with Gasteiger partial charge < -0.3 is 14.2 Å². The van der Waals surface area contributed by atoms with Crippen molar-refractivity contribution < 1.29 is 33.4 Å². The van der Waals surface area contributed by atoms with E-state index in [0.717, 1.165) is 16.7 Å². The van der Waals surface area contributed by atoms with Crippen LogP contribution in [0.5, 0.6) is 0 Å². The molecule has 0 radical (unpaired) electrons. The molecule has 0 bridgehead atoms. The van der Waals surface area contributed by atoms with Gasteiger partial charge in [-0.3, -0.25) is 19.2 Å². The number of hydrogen-bond donors (Lipinski definition) is 0. The van der Waals surface area contributed by atoms with E-state index >= 15 is 0 Å². The molecule has 0 N–H and O–H groups in total. The number of rotatable bonds is 13. The number of halogens is 1. The molecule has 0 aliphatic heterocycles. The molecule has 1 unspecified atom stereocenters. The number of unbranched alkanes of at least 4 members (excludes halogenated alkanes) is 1. The van der Waals surface area contributed by atoms with Gasteiger partial charge in [0.25, 0.3) is 0 Å². The number of ether oxygens (including phenoxy) is 3. The highest BCUT2D eigenvalue weighted by Crippen LogP contribution is 2.44. The van der Waals surface area contributed by atoms with Gasteiger partial charge in [0.05, 0.1) is 19.3 Å². The number of Topliss-reactive ketones (excluding diaryl/α,β-unsaturated/α-hetero) is 1. The monoisotopic (exact) mass is 867 g/mol. The van der Waals surface area contributed by atoms with Gasteiger partial charge in [0.15, 0.2) is 5.60 Å². The fourth-order valence-electron chi connectivity index (χ4n) is 5.19. The quantitative estimate of drug-likeness (QED) is 0.0959. The number of benzene rings is 3. The van der Waals surface area contributed by atoms with Crippen molar-refractivity contribution in [2.24, 2.45) is 10.8 Å². The number of carbonyl (C=O) groups excluding carboxylic acids is 4. The van der Waals surface area contributed by atoms with Gasteiger partial charge in [-0.2, -0.15) is 0 Å². The lowest BCUT2D eigenvalue weighted by Crippen LogP contribution is -2.36. The summed E-state index contributed by atoms with van der Waals surface area (Å²) in [6.45, 7) is 32.7. The van der Waals surface area contributed by atoms with Gasteiger partial charge in [0, 0.05) is 34.6 Å². The molecule has 0 heterocycles. The third-order valence-corrected chi connectivity index (χ3v) is 9.20. The fourth-order valence-corrected chi connectivity index (χ4v) is 5.46. The van der Waals surface area contributed by atoms with E-state index < -0.39 is 28.7 Å². The van der Waals surface area contributed by atoms with Crippen LogP contribution in [0.2, 0.25) is 5.02 Å². The highest BCUT2D eigenvalue weighted by atomic mass is 35.5. The van der Waals surface area contributed by atoms with Gasteiger partial charge in [-0.1, -0.05) is 179 Å². The zero-order chi connectivity index (χ0) is 46.4. The molecule has 0 amide bonds. The van der Waals surface area contributed by atoms with Crippen LogP contribution in [0.15, 0.2) is 78.9 Å². The lowest BCUT2D eigenvalue weighted by Gasteiger charge is -2.36. The second-order valence-corrected chi connectivity index (χ2v) is 19.9. The number of ketones is 1. The third kappa shape index (κ3) is 26.9. The molecule has 0 fully saturated rings. The molecule has 0 aromatic heterocycles. The minimum absolute atomic E-state index is 0. The maximum absolute atomic E-state index is 13.2. The molecule has 0 aliphatic rings. The highest BCUT2D eigenvalue weighted by molar-refractivity contribution is 6.31. The molecule has 7 nitrogen and oxygen atoms in total. The topological polar surface area (TPSA) is 96.0 Å². The first-order valence-corrected chi connectivity index (χ1v) is 22.0. The van der Waals surface area contributed by atoms with Crippen LogP contribution in [0.25, 0.3) is 0 Å². The standard InChI is InChI=1S/C28H29ClO4.C10H18O3.C8H18.C6H14.CH4/c1-20-14-16-22(17-15-20)28(21-10-6-5-7-11-21,23-12-8-9-13-24(23)29)33-26(31)19-18-25(30)32-27(2,3)4;1-5-8(11)6-7-9(12)13-10(2,3)4;1-5-6-7-8(2,3)4;1-5-6(2,3)4;/h5-17H,18-19H2,1-4H3;5-7H2,1-4H3;5-7H2,1-4H3;5H2,1-4H3;1H4. The van der Waals surface area contributed by atoms with E-state index in [4.69, 9.17) is 25.8 Å². The summed E-state index contributed by atoms with van der Waals surface area (Å²) in [7, 11) is 0. The first-order chi connectivity index (χ1) is 27.6. The first kappa shape index (κ1) is 59.1. The lowest BCUT2D eigenvalue weighted by atomic mass is 9.79.